The molecule has 4 heterocycles. The summed E-state index contributed by atoms with van der Waals surface area (Å²) >= 11 is 3.90. The fourth-order valence-electron chi connectivity index (χ4n) is 7.82. The highest BCUT2D eigenvalue weighted by Crippen LogP contribution is 2.52. The van der Waals surface area contributed by atoms with E-state index < -0.39 is 0 Å². The van der Waals surface area contributed by atoms with Gasteiger partial charge in [0.15, 0.2) is 0 Å². The third kappa shape index (κ3) is 3.10. The van der Waals surface area contributed by atoms with Gasteiger partial charge in [0.25, 0.3) is 0 Å². The van der Waals surface area contributed by atoms with Crippen molar-refractivity contribution in [3.63, 3.8) is 0 Å². The van der Waals surface area contributed by atoms with Gasteiger partial charge in [-0.3, -0.25) is 0 Å². The second kappa shape index (κ2) is 9.07. The van der Waals surface area contributed by atoms with Crippen LogP contribution < -0.4 is 0 Å². The summed E-state index contributed by atoms with van der Waals surface area (Å²) in [5, 5.41) is 5.31. The van der Waals surface area contributed by atoms with Crippen molar-refractivity contribution in [3.8, 4) is 22.3 Å². The van der Waals surface area contributed by atoms with Crippen LogP contribution in [0.15, 0.2) is 146 Å². The molecule has 2 nitrogen and oxygen atoms in total. The van der Waals surface area contributed by atoms with Crippen LogP contribution in [-0.2, 0) is 0 Å². The minimum absolute atomic E-state index is 1.25. The van der Waals surface area contributed by atoms with Gasteiger partial charge in [-0.1, -0.05) is 121 Å². The van der Waals surface area contributed by atoms with Crippen LogP contribution in [0.1, 0.15) is 0 Å². The van der Waals surface area contributed by atoms with Crippen LogP contribution in [0.25, 0.3) is 95.7 Å². The van der Waals surface area contributed by atoms with Gasteiger partial charge in [-0.05, 0) is 35.4 Å². The first-order chi connectivity index (χ1) is 22.9. The highest BCUT2D eigenvalue weighted by molar-refractivity contribution is 7.28. The lowest BCUT2D eigenvalue weighted by Crippen LogP contribution is -1.93. The first kappa shape index (κ1) is 24.8. The molecule has 0 unspecified atom stereocenters. The monoisotopic (exact) mass is 620 g/mol. The minimum atomic E-state index is 1.25. The summed E-state index contributed by atoms with van der Waals surface area (Å²) < 4.78 is 10.4. The average Bonchev–Trinajstić information content (AvgIpc) is 3.66. The van der Waals surface area contributed by atoms with Crippen molar-refractivity contribution >= 4 is 96.1 Å². The Bertz CT molecular complexity index is 2800. The second-order valence-corrected chi connectivity index (χ2v) is 14.1. The van der Waals surface area contributed by atoms with E-state index in [0.29, 0.717) is 0 Å². The van der Waals surface area contributed by atoms with Gasteiger partial charge >= 0.3 is 0 Å². The summed E-state index contributed by atoms with van der Waals surface area (Å²) in [4.78, 5) is 0. The van der Waals surface area contributed by atoms with Crippen LogP contribution in [0.4, 0.5) is 0 Å². The molecule has 0 N–H and O–H groups in total. The maximum Gasteiger partial charge on any atom is 0.0736 e. The van der Waals surface area contributed by atoms with Crippen LogP contribution >= 0.6 is 22.7 Å². The third-order valence-electron chi connectivity index (χ3n) is 9.68. The number of nitrogens with zero attached hydrogens (tertiary/aromatic N) is 2. The molecule has 0 saturated heterocycles. The molecule has 0 aliphatic rings. The normalized spacial score (nSPS) is 12.3. The Kier molecular flexibility index (Phi) is 4.90. The highest BCUT2D eigenvalue weighted by Gasteiger charge is 2.26. The standard InChI is InChI=1S/C42H24N2S2/c1-3-13-25(14-4-1)27-19-11-23-33-39(27)45-41-35-30-18-8-10-22-32(30)44-34-24-12-20-28(26-15-5-2-6-16-26)40(34)46-42(38(35)44)36-29-17-7-9-21-31(29)43(33)37(36)41/h1-24H. The van der Waals surface area contributed by atoms with Crippen molar-refractivity contribution in [2.24, 2.45) is 0 Å². The summed E-state index contributed by atoms with van der Waals surface area (Å²) in [5.74, 6) is 0. The van der Waals surface area contributed by atoms with Crippen molar-refractivity contribution in [1.82, 2.24) is 8.80 Å². The Balaban J connectivity index is 1.47. The molecule has 4 heteroatoms. The summed E-state index contributed by atoms with van der Waals surface area (Å²) in [6.45, 7) is 0. The Morgan fingerprint density at radius 1 is 0.326 bits per heavy atom. The zero-order valence-corrected chi connectivity index (χ0v) is 26.2. The molecular weight excluding hydrogens is 597 g/mol. The van der Waals surface area contributed by atoms with Crippen molar-refractivity contribution in [1.29, 1.82) is 0 Å². The minimum Gasteiger partial charge on any atom is -0.306 e. The predicted octanol–water partition coefficient (Wildman–Crippen LogP) is 12.6. The summed E-state index contributed by atoms with van der Waals surface area (Å²) in [5.41, 5.74) is 12.7. The number of rotatable bonds is 2. The zero-order chi connectivity index (χ0) is 29.9. The number of benzene rings is 7. The van der Waals surface area contributed by atoms with E-state index in [4.69, 9.17) is 0 Å². The van der Waals surface area contributed by atoms with Crippen molar-refractivity contribution in [2.45, 2.75) is 0 Å². The molecule has 46 heavy (non-hydrogen) atoms. The van der Waals surface area contributed by atoms with Crippen molar-refractivity contribution < 1.29 is 0 Å². The van der Waals surface area contributed by atoms with Gasteiger partial charge in [-0.2, -0.15) is 0 Å². The lowest BCUT2D eigenvalue weighted by atomic mass is 10.1. The van der Waals surface area contributed by atoms with Gasteiger partial charge in [0, 0.05) is 32.7 Å². The molecule has 4 aromatic heterocycles. The molecule has 0 spiro atoms. The van der Waals surface area contributed by atoms with Crippen LogP contribution in [0.2, 0.25) is 0 Å². The van der Waals surface area contributed by atoms with Crippen LogP contribution in [0.5, 0.6) is 0 Å². The molecule has 7 aromatic carbocycles. The maximum absolute atomic E-state index is 2.56. The molecule has 214 valence electrons. The quantitative estimate of drug-likeness (QED) is 0.170. The molecule has 0 amide bonds. The SMILES string of the molecule is c1ccc(-c2cccc3c2sc2c4c5ccccc5n5c6cccc(-c7ccccc7)c6sc(c6c7ccccc7n3c26)c45)cc1. The Hall–Kier alpha value is -5.42. The van der Waals surface area contributed by atoms with Gasteiger partial charge in [-0.15, -0.1) is 22.7 Å². The average molecular weight is 621 g/mol. The van der Waals surface area contributed by atoms with Gasteiger partial charge in [0.1, 0.15) is 0 Å². The maximum atomic E-state index is 2.56. The van der Waals surface area contributed by atoms with E-state index >= 15 is 0 Å². The van der Waals surface area contributed by atoms with Crippen molar-refractivity contribution in [3.05, 3.63) is 146 Å². The van der Waals surface area contributed by atoms with Crippen LogP contribution in [0.3, 0.4) is 0 Å². The van der Waals surface area contributed by atoms with E-state index in [1.165, 1.54) is 95.7 Å². The number of hydrogen-bond acceptors (Lipinski definition) is 2. The summed E-state index contributed by atoms with van der Waals surface area (Å²) in [6.07, 6.45) is 0. The van der Waals surface area contributed by atoms with E-state index in [1.807, 2.05) is 22.7 Å². The first-order valence-corrected chi connectivity index (χ1v) is 17.3. The van der Waals surface area contributed by atoms with E-state index in [1.54, 1.807) is 0 Å². The van der Waals surface area contributed by atoms with Gasteiger partial charge in [0.05, 0.1) is 51.9 Å². The topological polar surface area (TPSA) is 8.82 Å². The van der Waals surface area contributed by atoms with E-state index in [0.717, 1.165) is 0 Å². The number of hydrogen-bond donors (Lipinski definition) is 0. The van der Waals surface area contributed by atoms with Crippen molar-refractivity contribution in [2.75, 3.05) is 0 Å². The fourth-order valence-corrected chi connectivity index (χ4v) is 10.5. The number of fused-ring (bicyclic) bond motifs is 12. The molecule has 0 atom stereocenters. The van der Waals surface area contributed by atoms with E-state index in [9.17, 15) is 0 Å². The van der Waals surface area contributed by atoms with Crippen LogP contribution in [0, 0.1) is 0 Å². The number of para-hydroxylation sites is 2. The molecule has 0 saturated carbocycles. The molecule has 0 radical (unpaired) electrons. The molecule has 0 bridgehead atoms. The molecular formula is C42H24N2S2. The molecule has 0 aliphatic heterocycles. The van der Waals surface area contributed by atoms with Crippen LogP contribution in [-0.4, -0.2) is 8.80 Å². The number of aromatic nitrogens is 2. The van der Waals surface area contributed by atoms with Gasteiger partial charge in [-0.25, -0.2) is 0 Å². The Labute approximate surface area is 271 Å². The van der Waals surface area contributed by atoms with Gasteiger partial charge in [0.2, 0.25) is 0 Å². The Morgan fingerprint density at radius 2 is 0.717 bits per heavy atom. The van der Waals surface area contributed by atoms with E-state index in [-0.39, 0.29) is 0 Å². The summed E-state index contributed by atoms with van der Waals surface area (Å²) in [6, 6.07) is 53.3. The van der Waals surface area contributed by atoms with Gasteiger partial charge < -0.3 is 8.80 Å². The summed E-state index contributed by atoms with van der Waals surface area (Å²) in [7, 11) is 0. The first-order valence-electron chi connectivity index (χ1n) is 15.6. The third-order valence-corrected chi connectivity index (χ3v) is 12.2. The molecule has 11 rings (SSSR count). The molecule has 0 fully saturated rings. The largest absolute Gasteiger partial charge is 0.306 e. The second-order valence-electron chi connectivity index (χ2n) is 12.1. The Morgan fingerprint density at radius 3 is 1.17 bits per heavy atom. The fraction of sp³-hybridized carbons (Fsp3) is 0. The smallest absolute Gasteiger partial charge is 0.0736 e. The lowest BCUT2D eigenvalue weighted by Gasteiger charge is -2.15. The molecule has 11 aromatic rings. The van der Waals surface area contributed by atoms with E-state index in [2.05, 4.69) is 154 Å². The molecule has 0 aliphatic carbocycles. The zero-order valence-electron chi connectivity index (χ0n) is 24.6. The lowest BCUT2D eigenvalue weighted by molar-refractivity contribution is 1.35. The predicted molar refractivity (Wildman–Crippen MR) is 200 cm³/mol. The highest BCUT2D eigenvalue weighted by atomic mass is 32.1.